The predicted molar refractivity (Wildman–Crippen MR) is 96.4 cm³/mol. The Kier molecular flexibility index (Phi) is 5.36. The number of nitrogens with one attached hydrogen (secondary N) is 1. The SMILES string of the molecule is COc1ccc(S(=O)(=O)N2Cc3ccc(C(=O)NO)cc3O[C@@H](C)C2)cc1. The minimum atomic E-state index is -3.74. The van der Waals surface area contributed by atoms with Crippen molar-refractivity contribution in [1.29, 1.82) is 0 Å². The van der Waals surface area contributed by atoms with E-state index < -0.39 is 22.0 Å². The van der Waals surface area contributed by atoms with Crippen molar-refractivity contribution >= 4 is 15.9 Å². The van der Waals surface area contributed by atoms with Crippen molar-refractivity contribution in [2.24, 2.45) is 0 Å². The van der Waals surface area contributed by atoms with Crippen LogP contribution < -0.4 is 15.0 Å². The fourth-order valence-corrected chi connectivity index (χ4v) is 4.37. The largest absolute Gasteiger partial charge is 0.497 e. The van der Waals surface area contributed by atoms with Gasteiger partial charge in [0.2, 0.25) is 10.0 Å². The Bertz CT molecular complexity index is 943. The van der Waals surface area contributed by atoms with Gasteiger partial charge >= 0.3 is 0 Å². The lowest BCUT2D eigenvalue weighted by Crippen LogP contribution is -2.36. The van der Waals surface area contributed by atoms with Gasteiger partial charge in [-0.1, -0.05) is 6.07 Å². The smallest absolute Gasteiger partial charge is 0.274 e. The highest BCUT2D eigenvalue weighted by Gasteiger charge is 2.30. The van der Waals surface area contributed by atoms with Crippen molar-refractivity contribution in [3.63, 3.8) is 0 Å². The number of sulfonamides is 1. The van der Waals surface area contributed by atoms with E-state index in [-0.39, 0.29) is 23.5 Å². The first-order valence-electron chi connectivity index (χ1n) is 8.23. The zero-order valence-corrected chi connectivity index (χ0v) is 15.7. The molecule has 0 saturated heterocycles. The van der Waals surface area contributed by atoms with Crippen LogP contribution in [0.25, 0.3) is 0 Å². The van der Waals surface area contributed by atoms with Crippen molar-refractivity contribution in [2.45, 2.75) is 24.5 Å². The summed E-state index contributed by atoms with van der Waals surface area (Å²) in [6, 6.07) is 10.8. The summed E-state index contributed by atoms with van der Waals surface area (Å²) in [5, 5.41) is 8.78. The molecule has 1 heterocycles. The number of hydroxylamine groups is 1. The lowest BCUT2D eigenvalue weighted by Gasteiger charge is -2.21. The number of hydrogen-bond donors (Lipinski definition) is 2. The van der Waals surface area contributed by atoms with Gasteiger partial charge in [0.05, 0.1) is 18.6 Å². The molecule has 0 fully saturated rings. The fraction of sp³-hybridized carbons (Fsp3) is 0.278. The molecular weight excluding hydrogens is 372 g/mol. The zero-order chi connectivity index (χ0) is 19.6. The third-order valence-electron chi connectivity index (χ3n) is 4.26. The molecule has 0 aromatic heterocycles. The van der Waals surface area contributed by atoms with Crippen LogP contribution in [-0.4, -0.2) is 43.6 Å². The topological polar surface area (TPSA) is 105 Å². The maximum Gasteiger partial charge on any atom is 0.274 e. The molecule has 8 nitrogen and oxygen atoms in total. The quantitative estimate of drug-likeness (QED) is 0.607. The van der Waals surface area contributed by atoms with Crippen molar-refractivity contribution in [3.05, 3.63) is 53.6 Å². The average molecular weight is 392 g/mol. The van der Waals surface area contributed by atoms with Crippen LogP contribution >= 0.6 is 0 Å². The molecule has 144 valence electrons. The minimum Gasteiger partial charge on any atom is -0.497 e. The van der Waals surface area contributed by atoms with E-state index >= 15 is 0 Å². The van der Waals surface area contributed by atoms with Gasteiger partial charge in [0.25, 0.3) is 5.91 Å². The van der Waals surface area contributed by atoms with Crippen LogP contribution in [0.2, 0.25) is 0 Å². The number of carbonyl (C=O) groups excluding carboxylic acids is 1. The molecule has 0 unspecified atom stereocenters. The van der Waals surface area contributed by atoms with Crippen molar-refractivity contribution in [1.82, 2.24) is 9.79 Å². The summed E-state index contributed by atoms with van der Waals surface area (Å²) in [6.07, 6.45) is -0.424. The molecule has 0 saturated carbocycles. The Labute approximate surface area is 157 Å². The first-order chi connectivity index (χ1) is 12.8. The summed E-state index contributed by atoms with van der Waals surface area (Å²) in [4.78, 5) is 11.8. The van der Waals surface area contributed by atoms with Crippen LogP contribution in [0.4, 0.5) is 0 Å². The Morgan fingerprint density at radius 1 is 1.26 bits per heavy atom. The number of rotatable bonds is 4. The Balaban J connectivity index is 1.94. The van der Waals surface area contributed by atoms with E-state index in [9.17, 15) is 13.2 Å². The summed E-state index contributed by atoms with van der Waals surface area (Å²) in [6.45, 7) is 2.02. The average Bonchev–Trinajstić information content (AvgIpc) is 2.85. The van der Waals surface area contributed by atoms with E-state index in [1.165, 1.54) is 35.7 Å². The number of benzene rings is 2. The maximum atomic E-state index is 13.0. The molecule has 27 heavy (non-hydrogen) atoms. The predicted octanol–water partition coefficient (Wildman–Crippen LogP) is 1.79. The van der Waals surface area contributed by atoms with Crippen LogP contribution in [0.1, 0.15) is 22.8 Å². The number of methoxy groups -OCH3 is 1. The third-order valence-corrected chi connectivity index (χ3v) is 6.09. The molecule has 9 heteroatoms. The number of carbonyl (C=O) groups is 1. The molecule has 0 bridgehead atoms. The van der Waals surface area contributed by atoms with E-state index in [1.807, 2.05) is 0 Å². The standard InChI is InChI=1S/C18H20N2O6S/c1-12-10-20(27(23,24)16-7-5-15(25-2)6-8-16)11-14-4-3-13(18(21)19-22)9-17(14)26-12/h3-9,12,22H,10-11H2,1-2H3,(H,19,21)/t12-/m0/s1. The normalized spacial score (nSPS) is 17.4. The second kappa shape index (κ2) is 7.55. The Hall–Kier alpha value is -2.62. The lowest BCUT2D eigenvalue weighted by molar-refractivity contribution is 0.0705. The summed E-state index contributed by atoms with van der Waals surface area (Å²) in [7, 11) is -2.23. The van der Waals surface area contributed by atoms with Crippen molar-refractivity contribution < 1.29 is 27.9 Å². The van der Waals surface area contributed by atoms with Crippen LogP contribution in [0.15, 0.2) is 47.4 Å². The number of fused-ring (bicyclic) bond motifs is 1. The van der Waals surface area contributed by atoms with E-state index in [0.717, 1.165) is 0 Å². The molecule has 1 amide bonds. The van der Waals surface area contributed by atoms with Gasteiger partial charge in [-0.25, -0.2) is 13.9 Å². The van der Waals surface area contributed by atoms with Crippen molar-refractivity contribution in [2.75, 3.05) is 13.7 Å². The Morgan fingerprint density at radius 3 is 2.59 bits per heavy atom. The molecule has 0 aliphatic carbocycles. The van der Waals surface area contributed by atoms with Gasteiger partial charge in [0, 0.05) is 17.7 Å². The first-order valence-corrected chi connectivity index (χ1v) is 9.67. The van der Waals surface area contributed by atoms with Gasteiger partial charge in [-0.05, 0) is 43.3 Å². The summed E-state index contributed by atoms with van der Waals surface area (Å²) in [5.41, 5.74) is 2.42. The van der Waals surface area contributed by atoms with Gasteiger partial charge in [0.15, 0.2) is 0 Å². The third kappa shape index (κ3) is 3.90. The second-order valence-corrected chi connectivity index (χ2v) is 8.10. The van der Waals surface area contributed by atoms with Gasteiger partial charge in [-0.3, -0.25) is 10.0 Å². The van der Waals surface area contributed by atoms with Crippen LogP contribution in [0.3, 0.4) is 0 Å². The molecule has 2 aromatic carbocycles. The molecular formula is C18H20N2O6S. The van der Waals surface area contributed by atoms with Gasteiger partial charge in [-0.15, -0.1) is 0 Å². The molecule has 0 spiro atoms. The van der Waals surface area contributed by atoms with Crippen LogP contribution in [-0.2, 0) is 16.6 Å². The molecule has 3 rings (SSSR count). The molecule has 1 aliphatic rings. The van der Waals surface area contributed by atoms with E-state index in [2.05, 4.69) is 0 Å². The lowest BCUT2D eigenvalue weighted by atomic mass is 10.1. The minimum absolute atomic E-state index is 0.106. The number of ether oxygens (including phenoxy) is 2. The van der Waals surface area contributed by atoms with E-state index in [0.29, 0.717) is 17.1 Å². The molecule has 2 aromatic rings. The first kappa shape index (κ1) is 19.2. The zero-order valence-electron chi connectivity index (χ0n) is 14.9. The molecule has 1 atom stereocenters. The second-order valence-electron chi connectivity index (χ2n) is 6.16. The highest BCUT2D eigenvalue weighted by Crippen LogP contribution is 2.30. The van der Waals surface area contributed by atoms with Gasteiger partial charge in [0.1, 0.15) is 17.6 Å². The molecule has 1 aliphatic heterocycles. The van der Waals surface area contributed by atoms with Crippen LogP contribution in [0.5, 0.6) is 11.5 Å². The summed E-state index contributed by atoms with van der Waals surface area (Å²) < 4.78 is 38.3. The highest BCUT2D eigenvalue weighted by molar-refractivity contribution is 7.89. The number of amides is 1. The summed E-state index contributed by atoms with van der Waals surface area (Å²) in [5.74, 6) is 0.318. The monoisotopic (exact) mass is 392 g/mol. The number of nitrogens with zero attached hydrogens (tertiary/aromatic N) is 1. The van der Waals surface area contributed by atoms with E-state index in [1.54, 1.807) is 30.6 Å². The fourth-order valence-electron chi connectivity index (χ4n) is 2.88. The number of hydrogen-bond acceptors (Lipinski definition) is 6. The van der Waals surface area contributed by atoms with Crippen molar-refractivity contribution in [3.8, 4) is 11.5 Å². The van der Waals surface area contributed by atoms with Crippen LogP contribution in [0, 0.1) is 0 Å². The summed E-state index contributed by atoms with van der Waals surface area (Å²) >= 11 is 0. The molecule has 0 radical (unpaired) electrons. The maximum absolute atomic E-state index is 13.0. The molecule has 2 N–H and O–H groups in total. The van der Waals surface area contributed by atoms with Gasteiger partial charge in [-0.2, -0.15) is 4.31 Å². The van der Waals surface area contributed by atoms with Gasteiger partial charge < -0.3 is 9.47 Å². The van der Waals surface area contributed by atoms with E-state index in [4.69, 9.17) is 14.7 Å². The Morgan fingerprint density at radius 2 is 1.96 bits per heavy atom. The highest BCUT2D eigenvalue weighted by atomic mass is 32.2.